The van der Waals surface area contributed by atoms with Crippen LogP contribution >= 0.6 is 11.8 Å². The van der Waals surface area contributed by atoms with Crippen LogP contribution in [0.1, 0.15) is 11.6 Å². The number of rotatable bonds is 4. The van der Waals surface area contributed by atoms with Gasteiger partial charge in [-0.1, -0.05) is 6.07 Å². The average molecular weight is 494 g/mol. The fourth-order valence-electron chi connectivity index (χ4n) is 3.67. The third kappa shape index (κ3) is 4.92. The maximum atomic E-state index is 14.7. The van der Waals surface area contributed by atoms with Gasteiger partial charge >= 0.3 is 0 Å². The summed E-state index contributed by atoms with van der Waals surface area (Å²) in [5, 5.41) is 0. The fourth-order valence-corrected chi connectivity index (χ4v) is 4.10. The van der Waals surface area contributed by atoms with Gasteiger partial charge < -0.3 is 10.2 Å². The monoisotopic (exact) mass is 493 g/mol. The van der Waals surface area contributed by atoms with E-state index in [-0.39, 0.29) is 12.2 Å². The number of carbonyl (C=O) groups excluding carboxylic acids is 1. The van der Waals surface area contributed by atoms with Crippen LogP contribution in [0.25, 0.3) is 39.5 Å². The van der Waals surface area contributed by atoms with Crippen LogP contribution in [0.15, 0.2) is 64.3 Å². The number of imidazole rings is 1. The Morgan fingerprint density at radius 2 is 1.77 bits per heavy atom. The van der Waals surface area contributed by atoms with Crippen LogP contribution in [0, 0.1) is 25.5 Å². The van der Waals surface area contributed by atoms with Crippen molar-refractivity contribution in [2.75, 3.05) is 6.26 Å². The van der Waals surface area contributed by atoms with Crippen molar-refractivity contribution in [2.45, 2.75) is 18.7 Å². The zero-order valence-electron chi connectivity index (χ0n) is 19.1. The molecule has 2 N–H and O–H groups in total. The second-order valence-electron chi connectivity index (χ2n) is 7.50. The van der Waals surface area contributed by atoms with Gasteiger partial charge in [-0.25, -0.2) is 23.7 Å². The van der Waals surface area contributed by atoms with Gasteiger partial charge in [0.05, 0.1) is 11.4 Å². The van der Waals surface area contributed by atoms with Crippen molar-refractivity contribution in [3.8, 4) is 33.7 Å². The Kier molecular flexibility index (Phi) is 6.92. The summed E-state index contributed by atoms with van der Waals surface area (Å²) in [6.45, 7) is 3.61. The number of hydrogen-bond acceptors (Lipinski definition) is 6. The highest BCUT2D eigenvalue weighted by Crippen LogP contribution is 2.31. The number of halogens is 2. The third-order valence-corrected chi connectivity index (χ3v) is 5.93. The number of thioether (sulfide) groups is 1. The Bertz CT molecular complexity index is 1530. The van der Waals surface area contributed by atoms with E-state index in [0.29, 0.717) is 45.4 Å². The lowest BCUT2D eigenvalue weighted by Gasteiger charge is -2.05. The van der Waals surface area contributed by atoms with Crippen molar-refractivity contribution in [3.63, 3.8) is 0 Å². The van der Waals surface area contributed by atoms with E-state index in [9.17, 15) is 8.78 Å². The summed E-state index contributed by atoms with van der Waals surface area (Å²) in [6, 6.07) is 9.81. The zero-order chi connectivity index (χ0) is 25.1. The number of amides is 1. The van der Waals surface area contributed by atoms with E-state index in [1.807, 2.05) is 19.2 Å². The lowest BCUT2D eigenvalue weighted by Crippen LogP contribution is -1.91. The smallest absolute Gasteiger partial charge is 0.234 e. The summed E-state index contributed by atoms with van der Waals surface area (Å²) >= 11 is 1.48. The van der Waals surface area contributed by atoms with Gasteiger partial charge in [-0.2, -0.15) is 0 Å². The first-order valence-corrected chi connectivity index (χ1v) is 11.7. The molecule has 0 unspecified atom stereocenters. The van der Waals surface area contributed by atoms with E-state index in [2.05, 4.69) is 20.7 Å². The number of primary amides is 1. The van der Waals surface area contributed by atoms with E-state index in [1.54, 1.807) is 48.1 Å². The third-order valence-electron chi connectivity index (χ3n) is 5.21. The molecule has 178 valence electrons. The van der Waals surface area contributed by atoms with Crippen molar-refractivity contribution >= 4 is 23.9 Å². The molecule has 0 spiro atoms. The summed E-state index contributed by atoms with van der Waals surface area (Å²) in [6.07, 6.45) is 7.13. The van der Waals surface area contributed by atoms with Gasteiger partial charge in [-0.05, 0) is 43.5 Å². The largest absolute Gasteiger partial charge is 0.441 e. The quantitative estimate of drug-likeness (QED) is 0.265. The SMILES string of the molecule is CSc1ccc(-c2cnc3nc(-c4cc(-c5oc(C)nc5C)ccc4F)cn3c2)c(F)c1.NC=O. The summed E-state index contributed by atoms with van der Waals surface area (Å²) in [5.74, 6) is 0.795. The molecule has 0 atom stereocenters. The number of aryl methyl sites for hydroxylation is 2. The van der Waals surface area contributed by atoms with Crippen molar-refractivity contribution in [1.29, 1.82) is 0 Å². The Labute approximate surface area is 204 Å². The molecule has 0 fully saturated rings. The maximum Gasteiger partial charge on any atom is 0.234 e. The van der Waals surface area contributed by atoms with Crippen LogP contribution in [-0.4, -0.2) is 32.0 Å². The van der Waals surface area contributed by atoms with Gasteiger partial charge in [0, 0.05) is 52.7 Å². The number of nitrogens with zero attached hydrogens (tertiary/aromatic N) is 4. The topological polar surface area (TPSA) is 99.3 Å². The lowest BCUT2D eigenvalue weighted by molar-refractivity contribution is -0.106. The lowest BCUT2D eigenvalue weighted by atomic mass is 10.1. The van der Waals surface area contributed by atoms with Crippen LogP contribution < -0.4 is 5.73 Å². The highest BCUT2D eigenvalue weighted by molar-refractivity contribution is 7.98. The molecule has 1 amide bonds. The first kappa shape index (κ1) is 24.1. The van der Waals surface area contributed by atoms with Crippen LogP contribution in [0.4, 0.5) is 8.78 Å². The maximum absolute atomic E-state index is 14.7. The number of carbonyl (C=O) groups is 1. The number of aromatic nitrogens is 4. The van der Waals surface area contributed by atoms with Gasteiger partial charge in [0.25, 0.3) is 0 Å². The molecule has 0 saturated heterocycles. The highest BCUT2D eigenvalue weighted by atomic mass is 32.2. The van der Waals surface area contributed by atoms with Gasteiger partial charge in [0.15, 0.2) is 11.7 Å². The first-order valence-electron chi connectivity index (χ1n) is 10.4. The summed E-state index contributed by atoms with van der Waals surface area (Å²) in [5.41, 5.74) is 7.39. The number of hydrogen-bond donors (Lipinski definition) is 1. The minimum absolute atomic E-state index is 0.250. The van der Waals surface area contributed by atoms with Crippen LogP contribution in [0.5, 0.6) is 0 Å². The average Bonchev–Trinajstić information content (AvgIpc) is 3.41. The number of fused-ring (bicyclic) bond motifs is 1. The van der Waals surface area contributed by atoms with Crippen molar-refractivity contribution in [3.05, 3.63) is 78.2 Å². The standard InChI is InChI=1S/C24H18F2N4OS.CH3NO/c1-13-23(31-14(2)28-13)15-4-7-20(25)19(8-15)22-12-30-11-16(10-27-24(30)29-22)18-6-5-17(32-3)9-21(18)26;2-1-3/h4-12H,1-3H3;1H,(H2,2,3). The van der Waals surface area contributed by atoms with Gasteiger partial charge in [-0.15, -0.1) is 11.8 Å². The number of oxazole rings is 1. The molecule has 10 heteroatoms. The molecule has 5 rings (SSSR count). The number of nitrogens with two attached hydrogens (primary N) is 1. The van der Waals surface area contributed by atoms with Gasteiger partial charge in [0.2, 0.25) is 12.2 Å². The minimum Gasteiger partial charge on any atom is -0.441 e. The second-order valence-corrected chi connectivity index (χ2v) is 8.38. The molecule has 0 saturated carbocycles. The molecule has 3 heterocycles. The Morgan fingerprint density at radius 1 is 1.00 bits per heavy atom. The second kappa shape index (κ2) is 10.1. The molecule has 0 bridgehead atoms. The minimum atomic E-state index is -0.412. The summed E-state index contributed by atoms with van der Waals surface area (Å²) < 4.78 is 36.6. The molecule has 0 radical (unpaired) electrons. The first-order chi connectivity index (χ1) is 16.8. The van der Waals surface area contributed by atoms with E-state index in [0.717, 1.165) is 10.6 Å². The molecular formula is C25H21F2N5O2S. The molecular weight excluding hydrogens is 472 g/mol. The molecule has 3 aromatic heterocycles. The summed E-state index contributed by atoms with van der Waals surface area (Å²) in [7, 11) is 0. The highest BCUT2D eigenvalue weighted by Gasteiger charge is 2.16. The molecule has 0 aliphatic heterocycles. The van der Waals surface area contributed by atoms with Gasteiger partial charge in [-0.3, -0.25) is 9.20 Å². The molecule has 2 aromatic carbocycles. The van der Waals surface area contributed by atoms with E-state index in [1.165, 1.54) is 23.9 Å². The van der Waals surface area contributed by atoms with Crippen LogP contribution in [-0.2, 0) is 4.79 Å². The molecule has 35 heavy (non-hydrogen) atoms. The predicted octanol–water partition coefficient (Wildman–Crippen LogP) is 5.44. The zero-order valence-corrected chi connectivity index (χ0v) is 19.9. The van der Waals surface area contributed by atoms with Crippen molar-refractivity contribution in [1.82, 2.24) is 19.4 Å². The molecule has 5 aromatic rings. The Balaban J connectivity index is 0.000000917. The predicted molar refractivity (Wildman–Crippen MR) is 131 cm³/mol. The Hall–Kier alpha value is -4.05. The Morgan fingerprint density at radius 3 is 2.43 bits per heavy atom. The van der Waals surface area contributed by atoms with Crippen molar-refractivity contribution < 1.29 is 18.0 Å². The van der Waals surface area contributed by atoms with Crippen LogP contribution in [0.2, 0.25) is 0 Å². The molecule has 7 nitrogen and oxygen atoms in total. The van der Waals surface area contributed by atoms with E-state index >= 15 is 0 Å². The van der Waals surface area contributed by atoms with E-state index in [4.69, 9.17) is 9.21 Å². The van der Waals surface area contributed by atoms with Gasteiger partial charge in [0.1, 0.15) is 11.6 Å². The van der Waals surface area contributed by atoms with E-state index < -0.39 is 5.82 Å². The number of benzene rings is 2. The van der Waals surface area contributed by atoms with Crippen LogP contribution in [0.3, 0.4) is 0 Å². The molecule has 0 aliphatic carbocycles. The van der Waals surface area contributed by atoms with Crippen molar-refractivity contribution in [2.24, 2.45) is 5.73 Å². The fraction of sp³-hybridized carbons (Fsp3) is 0.120. The summed E-state index contributed by atoms with van der Waals surface area (Å²) in [4.78, 5) is 22.5. The normalized spacial score (nSPS) is 10.8. The molecule has 0 aliphatic rings.